The van der Waals surface area contributed by atoms with Crippen molar-refractivity contribution < 1.29 is 4.79 Å². The summed E-state index contributed by atoms with van der Waals surface area (Å²) in [4.78, 5) is 16.6. The maximum absolute atomic E-state index is 12.1. The fourth-order valence-electron chi connectivity index (χ4n) is 2.49. The van der Waals surface area contributed by atoms with Crippen LogP contribution in [0.4, 0.5) is 0 Å². The minimum Gasteiger partial charge on any atom is -0.272 e. The summed E-state index contributed by atoms with van der Waals surface area (Å²) in [6.07, 6.45) is 0. The molecule has 0 aliphatic rings. The number of nitrogens with one attached hydrogen (secondary N) is 1. The average molecular weight is 398 g/mol. The third kappa shape index (κ3) is 5.17. The lowest BCUT2D eigenvalue weighted by Crippen LogP contribution is -2.21. The fourth-order valence-corrected chi connectivity index (χ4v) is 4.36. The van der Waals surface area contributed by atoms with Gasteiger partial charge in [0.15, 0.2) is 4.34 Å². The first-order valence-corrected chi connectivity index (χ1v) is 10.6. The van der Waals surface area contributed by atoms with Crippen molar-refractivity contribution in [3.8, 4) is 0 Å². The Morgan fingerprint density at radius 2 is 1.85 bits per heavy atom. The van der Waals surface area contributed by atoms with Gasteiger partial charge in [0.2, 0.25) is 0 Å². The largest absolute Gasteiger partial charge is 0.272 e. The van der Waals surface area contributed by atoms with E-state index in [-0.39, 0.29) is 11.3 Å². The van der Waals surface area contributed by atoms with Gasteiger partial charge in [-0.1, -0.05) is 68.9 Å². The van der Waals surface area contributed by atoms with Crippen molar-refractivity contribution in [2.75, 3.05) is 5.75 Å². The molecule has 0 bridgehead atoms. The Balaban J connectivity index is 1.55. The van der Waals surface area contributed by atoms with Crippen LogP contribution in [0.1, 0.15) is 38.8 Å². The van der Waals surface area contributed by atoms with Gasteiger partial charge in [-0.05, 0) is 35.6 Å². The van der Waals surface area contributed by atoms with Gasteiger partial charge in [0.05, 0.1) is 21.7 Å². The second-order valence-electron chi connectivity index (χ2n) is 7.30. The second kappa shape index (κ2) is 8.23. The van der Waals surface area contributed by atoms with Crippen molar-refractivity contribution in [1.29, 1.82) is 0 Å². The van der Waals surface area contributed by atoms with E-state index in [4.69, 9.17) is 0 Å². The predicted octanol–water partition coefficient (Wildman–Crippen LogP) is 5.23. The number of fused-ring (bicyclic) bond motifs is 1. The van der Waals surface area contributed by atoms with E-state index in [1.807, 2.05) is 43.3 Å². The Hall–Kier alpha value is -2.18. The summed E-state index contributed by atoms with van der Waals surface area (Å²) in [5.74, 6) is 0.157. The molecule has 1 heterocycles. The van der Waals surface area contributed by atoms with Crippen LogP contribution in [-0.2, 0) is 10.2 Å². The highest BCUT2D eigenvalue weighted by molar-refractivity contribution is 8.01. The van der Waals surface area contributed by atoms with Crippen molar-refractivity contribution in [2.24, 2.45) is 5.10 Å². The molecular formula is C21H23N3OS2. The van der Waals surface area contributed by atoms with Crippen molar-refractivity contribution in [2.45, 2.75) is 37.4 Å². The van der Waals surface area contributed by atoms with Crippen LogP contribution in [0.5, 0.6) is 0 Å². The van der Waals surface area contributed by atoms with Gasteiger partial charge in [-0.3, -0.25) is 4.79 Å². The van der Waals surface area contributed by atoms with E-state index in [2.05, 4.69) is 48.4 Å². The van der Waals surface area contributed by atoms with Crippen LogP contribution in [-0.4, -0.2) is 22.4 Å². The molecule has 3 aromatic rings. The van der Waals surface area contributed by atoms with Gasteiger partial charge >= 0.3 is 0 Å². The molecule has 0 saturated heterocycles. The number of amides is 1. The molecule has 0 unspecified atom stereocenters. The third-order valence-electron chi connectivity index (χ3n) is 4.12. The standard InChI is InChI=1S/C21H23N3OS2/c1-14(15-9-11-16(12-10-15)21(2,3)4)23-24-19(25)13-26-20-22-17-7-5-6-8-18(17)27-20/h5-12H,13H2,1-4H3,(H,24,25)/b23-14+. The van der Waals surface area contributed by atoms with Gasteiger partial charge in [0, 0.05) is 0 Å². The maximum atomic E-state index is 12.1. The molecule has 2 aromatic carbocycles. The zero-order valence-corrected chi connectivity index (χ0v) is 17.6. The van der Waals surface area contributed by atoms with E-state index in [9.17, 15) is 4.79 Å². The summed E-state index contributed by atoms with van der Waals surface area (Å²) < 4.78 is 2.03. The number of hydrogen-bond donors (Lipinski definition) is 1. The van der Waals surface area contributed by atoms with Crippen molar-refractivity contribution >= 4 is 44.9 Å². The minimum absolute atomic E-state index is 0.121. The summed E-state index contributed by atoms with van der Waals surface area (Å²) in [7, 11) is 0. The smallest absolute Gasteiger partial charge is 0.250 e. The van der Waals surface area contributed by atoms with Gasteiger partial charge in [-0.25, -0.2) is 10.4 Å². The number of thioether (sulfide) groups is 1. The van der Waals surface area contributed by atoms with Crippen LogP contribution >= 0.6 is 23.1 Å². The zero-order valence-electron chi connectivity index (χ0n) is 15.9. The molecule has 6 heteroatoms. The maximum Gasteiger partial charge on any atom is 0.250 e. The molecule has 1 N–H and O–H groups in total. The van der Waals surface area contributed by atoms with E-state index < -0.39 is 0 Å². The molecule has 0 spiro atoms. The first-order valence-electron chi connectivity index (χ1n) is 8.75. The first kappa shape index (κ1) is 19.6. The lowest BCUT2D eigenvalue weighted by molar-refractivity contribution is -0.118. The number of para-hydroxylation sites is 1. The number of carbonyl (C=O) groups excluding carboxylic acids is 1. The number of thiazole rings is 1. The first-order chi connectivity index (χ1) is 12.8. The highest BCUT2D eigenvalue weighted by Crippen LogP contribution is 2.29. The van der Waals surface area contributed by atoms with Crippen LogP contribution in [0.2, 0.25) is 0 Å². The molecule has 140 valence electrons. The molecule has 0 aliphatic heterocycles. The normalized spacial score (nSPS) is 12.4. The zero-order chi connectivity index (χ0) is 19.4. The van der Waals surface area contributed by atoms with E-state index in [1.165, 1.54) is 17.3 Å². The van der Waals surface area contributed by atoms with Crippen LogP contribution < -0.4 is 5.43 Å². The van der Waals surface area contributed by atoms with Gasteiger partial charge in [-0.15, -0.1) is 11.3 Å². The summed E-state index contributed by atoms with van der Waals surface area (Å²) in [6.45, 7) is 8.46. The van der Waals surface area contributed by atoms with Gasteiger partial charge in [0.25, 0.3) is 5.91 Å². The predicted molar refractivity (Wildman–Crippen MR) is 116 cm³/mol. The van der Waals surface area contributed by atoms with E-state index in [0.717, 1.165) is 25.8 Å². The Bertz CT molecular complexity index is 936. The Labute approximate surface area is 168 Å². The quantitative estimate of drug-likeness (QED) is 0.364. The number of benzene rings is 2. The fraction of sp³-hybridized carbons (Fsp3) is 0.286. The Morgan fingerprint density at radius 1 is 1.15 bits per heavy atom. The van der Waals surface area contributed by atoms with E-state index in [0.29, 0.717) is 5.75 Å². The van der Waals surface area contributed by atoms with Crippen molar-refractivity contribution in [3.05, 3.63) is 59.7 Å². The number of carbonyl (C=O) groups is 1. The summed E-state index contributed by atoms with van der Waals surface area (Å²) >= 11 is 3.03. The molecule has 27 heavy (non-hydrogen) atoms. The summed E-state index contributed by atoms with van der Waals surface area (Å²) in [5, 5.41) is 4.23. The molecule has 1 aromatic heterocycles. The number of nitrogens with zero attached hydrogens (tertiary/aromatic N) is 2. The topological polar surface area (TPSA) is 54.4 Å². The van der Waals surface area contributed by atoms with Crippen molar-refractivity contribution in [1.82, 2.24) is 10.4 Å². The monoisotopic (exact) mass is 397 g/mol. The number of hydrazone groups is 1. The molecule has 1 amide bonds. The lowest BCUT2D eigenvalue weighted by atomic mass is 9.86. The number of hydrogen-bond acceptors (Lipinski definition) is 5. The highest BCUT2D eigenvalue weighted by Gasteiger charge is 2.13. The number of rotatable bonds is 5. The molecule has 0 atom stereocenters. The molecule has 4 nitrogen and oxygen atoms in total. The average Bonchev–Trinajstić information content (AvgIpc) is 3.07. The molecule has 0 aliphatic carbocycles. The van der Waals surface area contributed by atoms with Gasteiger partial charge in [-0.2, -0.15) is 5.10 Å². The van der Waals surface area contributed by atoms with Crippen LogP contribution in [0, 0.1) is 0 Å². The third-order valence-corrected chi connectivity index (χ3v) is 6.30. The van der Waals surface area contributed by atoms with Crippen LogP contribution in [0.25, 0.3) is 10.2 Å². The Morgan fingerprint density at radius 3 is 2.52 bits per heavy atom. The van der Waals surface area contributed by atoms with Gasteiger partial charge in [0.1, 0.15) is 0 Å². The van der Waals surface area contributed by atoms with Crippen molar-refractivity contribution in [3.63, 3.8) is 0 Å². The summed E-state index contributed by atoms with van der Waals surface area (Å²) in [5.41, 5.74) is 6.79. The van der Waals surface area contributed by atoms with Crippen LogP contribution in [0.3, 0.4) is 0 Å². The van der Waals surface area contributed by atoms with E-state index >= 15 is 0 Å². The second-order valence-corrected chi connectivity index (χ2v) is 9.55. The van der Waals surface area contributed by atoms with Crippen LogP contribution in [0.15, 0.2) is 58.0 Å². The Kier molecular flexibility index (Phi) is 5.97. The highest BCUT2D eigenvalue weighted by atomic mass is 32.2. The molecule has 3 rings (SSSR count). The molecule has 0 saturated carbocycles. The molecular weight excluding hydrogens is 374 g/mol. The van der Waals surface area contributed by atoms with E-state index in [1.54, 1.807) is 11.3 Å². The summed E-state index contributed by atoms with van der Waals surface area (Å²) in [6, 6.07) is 16.3. The molecule has 0 radical (unpaired) electrons. The van der Waals surface area contributed by atoms with Gasteiger partial charge < -0.3 is 0 Å². The lowest BCUT2D eigenvalue weighted by Gasteiger charge is -2.19. The number of aromatic nitrogens is 1. The minimum atomic E-state index is -0.134. The molecule has 0 fully saturated rings. The SMILES string of the molecule is C/C(=N\NC(=O)CSc1nc2ccccc2s1)c1ccc(C(C)(C)C)cc1.